The Bertz CT molecular complexity index is 1430. The van der Waals surface area contributed by atoms with Crippen LogP contribution in [0.15, 0.2) is 71.6 Å². The van der Waals surface area contributed by atoms with Crippen molar-refractivity contribution in [3.8, 4) is 5.75 Å². The fourth-order valence-electron chi connectivity index (χ4n) is 4.23. The van der Waals surface area contributed by atoms with E-state index in [2.05, 4.69) is 5.32 Å². The number of carbonyl (C=O) groups excluding carboxylic acids is 2. The fraction of sp³-hybridized carbons (Fsp3) is 0.310. The third-order valence-corrected chi connectivity index (χ3v) is 8.47. The number of nitrogens with zero attached hydrogens (tertiary/aromatic N) is 2. The van der Waals surface area contributed by atoms with E-state index in [9.17, 15) is 18.0 Å². The van der Waals surface area contributed by atoms with Gasteiger partial charge in [0.15, 0.2) is 0 Å². The molecule has 0 aliphatic carbocycles. The number of rotatable bonds is 12. The number of likely N-dealkylation sites (N-methyl/N-ethyl adjacent to an activating group) is 1. The highest BCUT2D eigenvalue weighted by atomic mass is 35.5. The lowest BCUT2D eigenvalue weighted by atomic mass is 10.1. The maximum absolute atomic E-state index is 14.0. The predicted octanol–water partition coefficient (Wildman–Crippen LogP) is 5.45. The summed E-state index contributed by atoms with van der Waals surface area (Å²) in [5, 5.41) is 3.20. The van der Waals surface area contributed by atoms with E-state index in [4.69, 9.17) is 27.9 Å². The summed E-state index contributed by atoms with van der Waals surface area (Å²) in [4.78, 5) is 28.5. The van der Waals surface area contributed by atoms with Crippen molar-refractivity contribution in [2.24, 2.45) is 0 Å². The minimum atomic E-state index is -4.23. The standard InChI is InChI=1S/C29H33Cl2N3O5S/c1-5-27(29(36)32-6-2)33(18-21-8-7-9-25(14-21)39-4)28(35)19-34(24-16-22(30)15-23(31)17-24)40(37,38)26-12-10-20(3)11-13-26/h7-17,27H,5-6,18-19H2,1-4H3,(H,32,36)/t27-/m1/s1. The van der Waals surface area contributed by atoms with Crippen LogP contribution >= 0.6 is 23.2 Å². The fourth-order valence-corrected chi connectivity index (χ4v) is 6.14. The third kappa shape index (κ3) is 7.68. The van der Waals surface area contributed by atoms with Crippen molar-refractivity contribution in [2.75, 3.05) is 24.5 Å². The summed E-state index contributed by atoms with van der Waals surface area (Å²) in [5.74, 6) is -0.319. The number of halogens is 2. The van der Waals surface area contributed by atoms with E-state index in [1.807, 2.05) is 13.0 Å². The molecule has 8 nitrogen and oxygen atoms in total. The molecule has 1 N–H and O–H groups in total. The smallest absolute Gasteiger partial charge is 0.264 e. The molecule has 214 valence electrons. The van der Waals surface area contributed by atoms with Crippen molar-refractivity contribution in [3.63, 3.8) is 0 Å². The lowest BCUT2D eigenvalue weighted by molar-refractivity contribution is -0.140. The Kier molecular flexibility index (Phi) is 10.8. The molecule has 1 atom stereocenters. The second-order valence-electron chi connectivity index (χ2n) is 9.14. The molecule has 0 spiro atoms. The van der Waals surface area contributed by atoms with Gasteiger partial charge < -0.3 is 15.0 Å². The molecule has 3 aromatic rings. The minimum Gasteiger partial charge on any atom is -0.497 e. The number of sulfonamides is 1. The molecule has 0 saturated carbocycles. The Hall–Kier alpha value is -3.27. The van der Waals surface area contributed by atoms with Gasteiger partial charge in [0.05, 0.1) is 17.7 Å². The van der Waals surface area contributed by atoms with E-state index in [1.165, 1.54) is 42.3 Å². The molecule has 0 heterocycles. The van der Waals surface area contributed by atoms with Gasteiger partial charge in [0.2, 0.25) is 11.8 Å². The second kappa shape index (κ2) is 13.9. The highest BCUT2D eigenvalue weighted by molar-refractivity contribution is 7.92. The molecule has 0 radical (unpaired) electrons. The summed E-state index contributed by atoms with van der Waals surface area (Å²) >= 11 is 12.5. The summed E-state index contributed by atoms with van der Waals surface area (Å²) < 4.78 is 34.1. The molecule has 3 rings (SSSR count). The molecule has 0 bridgehead atoms. The lowest BCUT2D eigenvalue weighted by Gasteiger charge is -2.33. The third-order valence-electron chi connectivity index (χ3n) is 6.25. The Morgan fingerprint density at radius 1 is 0.975 bits per heavy atom. The number of amides is 2. The SMILES string of the molecule is CCNC(=O)[C@@H](CC)N(Cc1cccc(OC)c1)C(=O)CN(c1cc(Cl)cc(Cl)c1)S(=O)(=O)c1ccc(C)cc1. The van der Waals surface area contributed by atoms with Gasteiger partial charge in [0, 0.05) is 23.1 Å². The van der Waals surface area contributed by atoms with E-state index >= 15 is 0 Å². The van der Waals surface area contributed by atoms with Crippen LogP contribution in [0.1, 0.15) is 31.4 Å². The van der Waals surface area contributed by atoms with Crippen molar-refractivity contribution >= 4 is 50.7 Å². The Balaban J connectivity index is 2.10. The van der Waals surface area contributed by atoms with Crippen LogP contribution in [0.4, 0.5) is 5.69 Å². The molecule has 0 unspecified atom stereocenters. The zero-order chi connectivity index (χ0) is 29.4. The maximum atomic E-state index is 14.0. The van der Waals surface area contributed by atoms with Gasteiger partial charge >= 0.3 is 0 Å². The molecule has 40 heavy (non-hydrogen) atoms. The normalized spacial score (nSPS) is 11.9. The largest absolute Gasteiger partial charge is 0.497 e. The van der Waals surface area contributed by atoms with Crippen LogP contribution in [0.3, 0.4) is 0 Å². The van der Waals surface area contributed by atoms with Crippen molar-refractivity contribution in [2.45, 2.75) is 44.7 Å². The first-order chi connectivity index (χ1) is 19.0. The number of aryl methyl sites for hydroxylation is 1. The molecule has 3 aromatic carbocycles. The zero-order valence-corrected chi connectivity index (χ0v) is 25.2. The molecular formula is C29H33Cl2N3O5S. The van der Waals surface area contributed by atoms with Gasteiger partial charge in [-0.05, 0) is 68.3 Å². The van der Waals surface area contributed by atoms with Gasteiger partial charge in [-0.2, -0.15) is 0 Å². The Morgan fingerprint density at radius 3 is 2.20 bits per heavy atom. The van der Waals surface area contributed by atoms with Crippen LogP contribution in [0.2, 0.25) is 10.0 Å². The number of benzene rings is 3. The molecule has 2 amide bonds. The number of hydrogen-bond acceptors (Lipinski definition) is 5. The number of carbonyl (C=O) groups is 2. The highest BCUT2D eigenvalue weighted by Crippen LogP contribution is 2.30. The first kappa shape index (κ1) is 31.3. The topological polar surface area (TPSA) is 96.0 Å². The Labute approximate surface area is 245 Å². The van der Waals surface area contributed by atoms with Crippen molar-refractivity contribution in [3.05, 3.63) is 87.9 Å². The quantitative estimate of drug-likeness (QED) is 0.296. The van der Waals surface area contributed by atoms with Crippen LogP contribution in [-0.2, 0) is 26.2 Å². The van der Waals surface area contributed by atoms with Gasteiger partial charge in [-0.25, -0.2) is 8.42 Å². The van der Waals surface area contributed by atoms with Crippen molar-refractivity contribution in [1.82, 2.24) is 10.2 Å². The number of nitrogens with one attached hydrogen (secondary N) is 1. The molecule has 0 aromatic heterocycles. The maximum Gasteiger partial charge on any atom is 0.264 e. The monoisotopic (exact) mass is 605 g/mol. The molecular weight excluding hydrogens is 573 g/mol. The molecule has 11 heteroatoms. The van der Waals surface area contributed by atoms with Crippen LogP contribution in [0.25, 0.3) is 0 Å². The highest BCUT2D eigenvalue weighted by Gasteiger charge is 2.33. The van der Waals surface area contributed by atoms with E-state index < -0.39 is 28.5 Å². The van der Waals surface area contributed by atoms with E-state index in [0.29, 0.717) is 24.3 Å². The number of methoxy groups -OCH3 is 1. The molecule has 0 fully saturated rings. The summed E-state index contributed by atoms with van der Waals surface area (Å²) in [5.41, 5.74) is 1.72. The van der Waals surface area contributed by atoms with Crippen LogP contribution in [-0.4, -0.2) is 51.4 Å². The van der Waals surface area contributed by atoms with Gasteiger partial charge in [-0.3, -0.25) is 13.9 Å². The molecule has 0 aliphatic heterocycles. The van der Waals surface area contributed by atoms with E-state index in [1.54, 1.807) is 44.2 Å². The summed E-state index contributed by atoms with van der Waals surface area (Å²) in [6.45, 7) is 5.27. The first-order valence-electron chi connectivity index (χ1n) is 12.8. The van der Waals surface area contributed by atoms with E-state index in [-0.39, 0.29) is 33.1 Å². The van der Waals surface area contributed by atoms with Crippen LogP contribution in [0, 0.1) is 6.92 Å². The second-order valence-corrected chi connectivity index (χ2v) is 11.9. The molecule has 0 aliphatic rings. The lowest BCUT2D eigenvalue weighted by Crippen LogP contribution is -2.52. The number of anilines is 1. The van der Waals surface area contributed by atoms with E-state index in [0.717, 1.165) is 9.87 Å². The van der Waals surface area contributed by atoms with Gasteiger partial charge in [0.25, 0.3) is 10.0 Å². The average molecular weight is 607 g/mol. The Morgan fingerprint density at radius 2 is 1.62 bits per heavy atom. The van der Waals surface area contributed by atoms with Crippen LogP contribution in [0.5, 0.6) is 5.75 Å². The summed E-state index contributed by atoms with van der Waals surface area (Å²) in [7, 11) is -2.69. The van der Waals surface area contributed by atoms with Crippen molar-refractivity contribution in [1.29, 1.82) is 0 Å². The van der Waals surface area contributed by atoms with Crippen LogP contribution < -0.4 is 14.4 Å². The first-order valence-corrected chi connectivity index (χ1v) is 14.9. The minimum absolute atomic E-state index is 0.00267. The number of ether oxygens (including phenoxy) is 1. The number of hydrogen-bond donors (Lipinski definition) is 1. The van der Waals surface area contributed by atoms with Gasteiger partial charge in [-0.15, -0.1) is 0 Å². The summed E-state index contributed by atoms with van der Waals surface area (Å²) in [6.07, 6.45) is 0.315. The van der Waals surface area contributed by atoms with Gasteiger partial charge in [0.1, 0.15) is 18.3 Å². The van der Waals surface area contributed by atoms with Gasteiger partial charge in [-0.1, -0.05) is 60.0 Å². The zero-order valence-electron chi connectivity index (χ0n) is 22.9. The predicted molar refractivity (Wildman–Crippen MR) is 158 cm³/mol. The van der Waals surface area contributed by atoms with Crippen molar-refractivity contribution < 1.29 is 22.7 Å². The summed E-state index contributed by atoms with van der Waals surface area (Å²) in [6, 6.07) is 16.9. The molecule has 0 saturated heterocycles. The average Bonchev–Trinajstić information content (AvgIpc) is 2.91.